The Morgan fingerprint density at radius 1 is 1.46 bits per heavy atom. The third-order valence-corrected chi connectivity index (χ3v) is 1.57. The van der Waals surface area contributed by atoms with Gasteiger partial charge in [0.25, 0.3) is 0 Å². The Labute approximate surface area is 82.1 Å². The first-order valence-electron chi connectivity index (χ1n) is 3.99. The predicted octanol–water partition coefficient (Wildman–Crippen LogP) is 1.11. The van der Waals surface area contributed by atoms with E-state index in [9.17, 15) is 9.59 Å². The first-order valence-corrected chi connectivity index (χ1v) is 4.52. The van der Waals surface area contributed by atoms with Crippen LogP contribution in [-0.4, -0.2) is 30.5 Å². The molecule has 13 heavy (non-hydrogen) atoms. The average molecular weight is 209 g/mol. The van der Waals surface area contributed by atoms with Crippen molar-refractivity contribution >= 4 is 23.5 Å². The van der Waals surface area contributed by atoms with Crippen LogP contribution in [0.5, 0.6) is 0 Å². The number of halogens is 1. The molecule has 76 valence electrons. The van der Waals surface area contributed by atoms with Crippen molar-refractivity contribution in [3.05, 3.63) is 0 Å². The summed E-state index contributed by atoms with van der Waals surface area (Å²) in [6.07, 6.45) is -0.246. The summed E-state index contributed by atoms with van der Waals surface area (Å²) in [6.45, 7) is 2.99. The van der Waals surface area contributed by atoms with Gasteiger partial charge >= 0.3 is 11.9 Å². The van der Waals surface area contributed by atoms with Crippen LogP contribution in [0.1, 0.15) is 20.3 Å². The molecule has 5 heteroatoms. The first kappa shape index (κ1) is 12.2. The van der Waals surface area contributed by atoms with Crippen LogP contribution in [0.3, 0.4) is 0 Å². The monoisotopic (exact) mass is 208 g/mol. The average Bonchev–Trinajstić information content (AvgIpc) is 2.10. The van der Waals surface area contributed by atoms with E-state index in [4.69, 9.17) is 21.1 Å². The third kappa shape index (κ3) is 6.40. The maximum atomic E-state index is 10.7. The van der Waals surface area contributed by atoms with Crippen LogP contribution < -0.4 is 0 Å². The van der Waals surface area contributed by atoms with Gasteiger partial charge in [-0.2, -0.15) is 0 Å². The SMILES string of the molecule is CCC(=O)OCC(CCl)OC(C)=O. The normalized spacial score (nSPS) is 11.9. The Kier molecular flexibility index (Phi) is 6.32. The molecule has 0 aliphatic carbocycles. The van der Waals surface area contributed by atoms with Gasteiger partial charge in [-0.15, -0.1) is 11.6 Å². The smallest absolute Gasteiger partial charge is 0.305 e. The van der Waals surface area contributed by atoms with Gasteiger partial charge in [0, 0.05) is 13.3 Å². The van der Waals surface area contributed by atoms with Crippen molar-refractivity contribution in [3.8, 4) is 0 Å². The van der Waals surface area contributed by atoms with Crippen molar-refractivity contribution < 1.29 is 19.1 Å². The van der Waals surface area contributed by atoms with E-state index in [0.29, 0.717) is 6.42 Å². The molecule has 0 rings (SSSR count). The van der Waals surface area contributed by atoms with E-state index in [-0.39, 0.29) is 18.5 Å². The molecule has 0 amide bonds. The fourth-order valence-electron chi connectivity index (χ4n) is 0.633. The summed E-state index contributed by atoms with van der Waals surface area (Å²) in [5, 5.41) is 0. The zero-order valence-corrected chi connectivity index (χ0v) is 8.47. The van der Waals surface area contributed by atoms with E-state index in [0.717, 1.165) is 0 Å². The molecule has 0 aliphatic rings. The van der Waals surface area contributed by atoms with Crippen LogP contribution >= 0.6 is 11.6 Å². The molecule has 0 aromatic carbocycles. The molecule has 0 N–H and O–H groups in total. The largest absolute Gasteiger partial charge is 0.462 e. The first-order chi connectivity index (χ1) is 6.10. The summed E-state index contributed by atoms with van der Waals surface area (Å²) in [5.74, 6) is -0.642. The Hall–Kier alpha value is -0.770. The predicted molar refractivity (Wildman–Crippen MR) is 47.5 cm³/mol. The molecule has 4 nitrogen and oxygen atoms in total. The summed E-state index contributed by atoms with van der Waals surface area (Å²) < 4.78 is 9.49. The number of esters is 2. The summed E-state index contributed by atoms with van der Waals surface area (Å²) >= 11 is 5.47. The summed E-state index contributed by atoms with van der Waals surface area (Å²) in [4.78, 5) is 21.2. The maximum absolute atomic E-state index is 10.7. The Morgan fingerprint density at radius 3 is 2.46 bits per heavy atom. The number of carbonyl (C=O) groups excluding carboxylic acids is 2. The van der Waals surface area contributed by atoms with Gasteiger partial charge in [-0.25, -0.2) is 0 Å². The topological polar surface area (TPSA) is 52.6 Å². The second kappa shape index (κ2) is 6.71. The fraction of sp³-hybridized carbons (Fsp3) is 0.750. The van der Waals surface area contributed by atoms with Crippen molar-refractivity contribution in [2.45, 2.75) is 26.4 Å². The number of rotatable bonds is 5. The van der Waals surface area contributed by atoms with Crippen molar-refractivity contribution in [3.63, 3.8) is 0 Å². The van der Waals surface area contributed by atoms with E-state index in [1.54, 1.807) is 6.92 Å². The van der Waals surface area contributed by atoms with Gasteiger partial charge in [0.05, 0.1) is 5.88 Å². The third-order valence-electron chi connectivity index (χ3n) is 1.22. The van der Waals surface area contributed by atoms with E-state index in [1.165, 1.54) is 6.92 Å². The molecule has 0 fully saturated rings. The highest BCUT2D eigenvalue weighted by molar-refractivity contribution is 6.18. The van der Waals surface area contributed by atoms with Crippen LogP contribution in [0.25, 0.3) is 0 Å². The minimum absolute atomic E-state index is 0.0236. The molecule has 0 aliphatic heterocycles. The van der Waals surface area contributed by atoms with Gasteiger partial charge < -0.3 is 9.47 Å². The second-order valence-electron chi connectivity index (χ2n) is 2.42. The standard InChI is InChI=1S/C8H13ClO4/c1-3-8(11)12-5-7(4-9)13-6(2)10/h7H,3-5H2,1-2H3. The van der Waals surface area contributed by atoms with Gasteiger partial charge in [-0.05, 0) is 0 Å². The molecule has 0 radical (unpaired) electrons. The van der Waals surface area contributed by atoms with Gasteiger partial charge in [-0.3, -0.25) is 9.59 Å². The Balaban J connectivity index is 3.71. The quantitative estimate of drug-likeness (QED) is 0.502. The lowest BCUT2D eigenvalue weighted by atomic mass is 10.4. The van der Waals surface area contributed by atoms with Crippen LogP contribution in [0, 0.1) is 0 Å². The maximum Gasteiger partial charge on any atom is 0.305 e. The molecule has 0 heterocycles. The summed E-state index contributed by atoms with van der Waals surface area (Å²) in [6, 6.07) is 0. The van der Waals surface area contributed by atoms with Crippen molar-refractivity contribution in [1.29, 1.82) is 0 Å². The zero-order valence-electron chi connectivity index (χ0n) is 7.71. The van der Waals surface area contributed by atoms with Crippen molar-refractivity contribution in [1.82, 2.24) is 0 Å². The van der Waals surface area contributed by atoms with E-state index in [2.05, 4.69) is 0 Å². The molecule has 0 aromatic heterocycles. The van der Waals surface area contributed by atoms with Crippen LogP contribution in [0.15, 0.2) is 0 Å². The highest BCUT2D eigenvalue weighted by Gasteiger charge is 2.12. The van der Waals surface area contributed by atoms with Gasteiger partial charge in [0.15, 0.2) is 0 Å². The minimum atomic E-state index is -0.547. The van der Waals surface area contributed by atoms with Crippen molar-refractivity contribution in [2.24, 2.45) is 0 Å². The van der Waals surface area contributed by atoms with Crippen LogP contribution in [-0.2, 0) is 19.1 Å². The molecular weight excluding hydrogens is 196 g/mol. The zero-order chi connectivity index (χ0) is 10.3. The molecule has 1 atom stereocenters. The fourth-order valence-corrected chi connectivity index (χ4v) is 0.785. The lowest BCUT2D eigenvalue weighted by Crippen LogP contribution is -2.25. The molecule has 0 aromatic rings. The summed E-state index contributed by atoms with van der Waals surface area (Å²) in [5.41, 5.74) is 0. The number of ether oxygens (including phenoxy) is 2. The van der Waals surface area contributed by atoms with Crippen LogP contribution in [0.4, 0.5) is 0 Å². The minimum Gasteiger partial charge on any atom is -0.462 e. The lowest BCUT2D eigenvalue weighted by molar-refractivity contribution is -0.155. The lowest BCUT2D eigenvalue weighted by Gasteiger charge is -2.13. The van der Waals surface area contributed by atoms with Crippen molar-refractivity contribution in [2.75, 3.05) is 12.5 Å². The number of alkyl halides is 1. The number of carbonyl (C=O) groups is 2. The Bertz CT molecular complexity index is 181. The second-order valence-corrected chi connectivity index (χ2v) is 2.73. The van der Waals surface area contributed by atoms with Gasteiger partial charge in [0.1, 0.15) is 12.7 Å². The van der Waals surface area contributed by atoms with E-state index in [1.807, 2.05) is 0 Å². The molecule has 0 bridgehead atoms. The number of hydrogen-bond acceptors (Lipinski definition) is 4. The molecule has 1 unspecified atom stereocenters. The summed E-state index contributed by atoms with van der Waals surface area (Å²) in [7, 11) is 0. The highest BCUT2D eigenvalue weighted by Crippen LogP contribution is 1.98. The van der Waals surface area contributed by atoms with Gasteiger partial charge in [-0.1, -0.05) is 6.92 Å². The van der Waals surface area contributed by atoms with E-state index >= 15 is 0 Å². The Morgan fingerprint density at radius 2 is 2.08 bits per heavy atom. The number of hydrogen-bond donors (Lipinski definition) is 0. The van der Waals surface area contributed by atoms with E-state index < -0.39 is 12.1 Å². The molecular formula is C8H13ClO4. The molecule has 0 saturated carbocycles. The van der Waals surface area contributed by atoms with Crippen LogP contribution in [0.2, 0.25) is 0 Å². The molecule has 0 spiro atoms. The van der Waals surface area contributed by atoms with Gasteiger partial charge in [0.2, 0.25) is 0 Å². The molecule has 0 saturated heterocycles. The highest BCUT2D eigenvalue weighted by atomic mass is 35.5.